The third kappa shape index (κ3) is 4.09. The molecule has 2 aromatic rings. The van der Waals surface area contributed by atoms with Crippen LogP contribution in [0, 0.1) is 0 Å². The largest absolute Gasteiger partial charge is 0.491 e. The zero-order valence-corrected chi connectivity index (χ0v) is 14.8. The number of anilines is 1. The van der Waals surface area contributed by atoms with E-state index in [1.165, 1.54) is 11.8 Å². The monoisotopic (exact) mass is 363 g/mol. The molecular weight excluding hydrogens is 342 g/mol. The van der Waals surface area contributed by atoms with Crippen LogP contribution in [0.1, 0.15) is 11.5 Å². The first-order valence-electron chi connectivity index (χ1n) is 7.92. The lowest BCUT2D eigenvalue weighted by Gasteiger charge is -2.42. The number of ether oxygens (including phenoxy) is 2. The summed E-state index contributed by atoms with van der Waals surface area (Å²) in [4.78, 5) is 5.92. The molecular formula is C17H21N3O4S. The molecule has 0 atom stereocenters. The molecule has 3 rings (SSSR count). The fourth-order valence-corrected chi connectivity index (χ4v) is 3.51. The van der Waals surface area contributed by atoms with Gasteiger partial charge >= 0.3 is 0 Å². The first-order valence-corrected chi connectivity index (χ1v) is 9.47. The van der Waals surface area contributed by atoms with Crippen LogP contribution in [0.25, 0.3) is 0 Å². The fraction of sp³-hybridized carbons (Fsp3) is 0.353. The van der Waals surface area contributed by atoms with Crippen molar-refractivity contribution in [3.63, 3.8) is 0 Å². The van der Waals surface area contributed by atoms with Gasteiger partial charge in [0.15, 0.2) is 0 Å². The zero-order valence-electron chi connectivity index (χ0n) is 14.0. The Kier molecular flexibility index (Phi) is 5.22. The summed E-state index contributed by atoms with van der Waals surface area (Å²) in [5.74, 6) is 1.15. The van der Waals surface area contributed by atoms with Crippen LogP contribution in [0.5, 0.6) is 5.75 Å². The van der Waals surface area contributed by atoms with Crippen molar-refractivity contribution in [3.05, 3.63) is 48.3 Å². The average molecular weight is 363 g/mol. The first kappa shape index (κ1) is 17.7. The molecule has 134 valence electrons. The maximum absolute atomic E-state index is 11.7. The molecule has 0 unspecified atom stereocenters. The number of hydrogen-bond acceptors (Lipinski definition) is 6. The Morgan fingerprint density at radius 1 is 1.20 bits per heavy atom. The highest BCUT2D eigenvalue weighted by Crippen LogP contribution is 2.34. The summed E-state index contributed by atoms with van der Waals surface area (Å²) >= 11 is 0. The van der Waals surface area contributed by atoms with Gasteiger partial charge in [-0.3, -0.25) is 4.98 Å². The molecule has 1 aliphatic heterocycles. The lowest BCUT2D eigenvalue weighted by atomic mass is 9.91. The number of benzene rings is 1. The van der Waals surface area contributed by atoms with Gasteiger partial charge < -0.3 is 14.4 Å². The second-order valence-electron chi connectivity index (χ2n) is 5.90. The van der Waals surface area contributed by atoms with Gasteiger partial charge in [0.1, 0.15) is 17.3 Å². The van der Waals surface area contributed by atoms with Gasteiger partial charge in [0.05, 0.1) is 12.3 Å². The topological polar surface area (TPSA) is 94.8 Å². The van der Waals surface area contributed by atoms with Crippen molar-refractivity contribution in [1.29, 1.82) is 0 Å². The molecule has 8 heteroatoms. The van der Waals surface area contributed by atoms with Crippen molar-refractivity contribution >= 4 is 15.7 Å². The summed E-state index contributed by atoms with van der Waals surface area (Å²) < 4.78 is 33.9. The zero-order chi connectivity index (χ0) is 17.9. The van der Waals surface area contributed by atoms with Crippen LogP contribution in [0.2, 0.25) is 0 Å². The molecule has 0 bridgehead atoms. The Morgan fingerprint density at radius 3 is 2.56 bits per heavy atom. The highest BCUT2D eigenvalue weighted by molar-refractivity contribution is 7.89. The predicted molar refractivity (Wildman–Crippen MR) is 94.4 cm³/mol. The van der Waals surface area contributed by atoms with Crippen LogP contribution in [0.4, 0.5) is 5.69 Å². The van der Waals surface area contributed by atoms with Gasteiger partial charge in [-0.15, -0.1) is 0 Å². The standard InChI is InChI=1S/C17H21N3O4S/c1-23-8-9-24-15-4-2-13(3-5-15)14-11-20(12-14)16-6-7-19-10-17(16)25(18,21)22/h2-7,10,14H,8-9,11-12H2,1H3,(H2,18,21,22). The van der Waals surface area contributed by atoms with Gasteiger partial charge in [-0.25, -0.2) is 13.6 Å². The molecule has 1 aliphatic rings. The Balaban J connectivity index is 1.63. The normalized spacial score (nSPS) is 15.0. The number of rotatable bonds is 7. The molecule has 1 saturated heterocycles. The molecule has 0 saturated carbocycles. The summed E-state index contributed by atoms with van der Waals surface area (Å²) in [6.45, 7) is 2.54. The highest BCUT2D eigenvalue weighted by Gasteiger charge is 2.31. The number of primary sulfonamides is 1. The average Bonchev–Trinajstić information content (AvgIpc) is 2.55. The number of pyridine rings is 1. The molecule has 25 heavy (non-hydrogen) atoms. The third-order valence-electron chi connectivity index (χ3n) is 4.20. The maximum Gasteiger partial charge on any atom is 0.241 e. The minimum absolute atomic E-state index is 0.0651. The van der Waals surface area contributed by atoms with Crippen molar-refractivity contribution in [2.45, 2.75) is 10.8 Å². The van der Waals surface area contributed by atoms with Crippen LogP contribution in [-0.4, -0.2) is 46.8 Å². The van der Waals surface area contributed by atoms with Gasteiger partial charge in [-0.05, 0) is 23.8 Å². The molecule has 0 spiro atoms. The van der Waals surface area contributed by atoms with E-state index in [4.69, 9.17) is 14.6 Å². The number of sulfonamides is 1. The van der Waals surface area contributed by atoms with Crippen LogP contribution in [0.3, 0.4) is 0 Å². The van der Waals surface area contributed by atoms with Crippen LogP contribution < -0.4 is 14.8 Å². The molecule has 1 aromatic heterocycles. The van der Waals surface area contributed by atoms with Crippen molar-refractivity contribution in [2.75, 3.05) is 38.3 Å². The number of methoxy groups -OCH3 is 1. The Labute approximate surface area is 147 Å². The summed E-state index contributed by atoms with van der Waals surface area (Å²) in [5.41, 5.74) is 1.80. The summed E-state index contributed by atoms with van der Waals surface area (Å²) in [6.07, 6.45) is 2.87. The minimum Gasteiger partial charge on any atom is -0.491 e. The van der Waals surface area contributed by atoms with Crippen molar-refractivity contribution in [3.8, 4) is 5.75 Å². The highest BCUT2D eigenvalue weighted by atomic mass is 32.2. The molecule has 1 aromatic carbocycles. The number of aromatic nitrogens is 1. The van der Waals surface area contributed by atoms with Crippen molar-refractivity contribution in [1.82, 2.24) is 4.98 Å². The minimum atomic E-state index is -3.78. The molecule has 2 N–H and O–H groups in total. The van der Waals surface area contributed by atoms with Crippen LogP contribution in [0.15, 0.2) is 47.6 Å². The van der Waals surface area contributed by atoms with Gasteiger partial charge in [0.25, 0.3) is 0 Å². The van der Waals surface area contributed by atoms with E-state index in [9.17, 15) is 8.42 Å². The summed E-state index contributed by atoms with van der Waals surface area (Å²) in [6, 6.07) is 9.64. The molecule has 1 fully saturated rings. The van der Waals surface area contributed by atoms with E-state index in [0.717, 1.165) is 18.8 Å². The summed E-state index contributed by atoms with van der Waals surface area (Å²) in [5, 5.41) is 5.27. The number of nitrogens with two attached hydrogens (primary N) is 1. The predicted octanol–water partition coefficient (Wildman–Crippen LogP) is 1.36. The number of nitrogens with zero attached hydrogens (tertiary/aromatic N) is 2. The second kappa shape index (κ2) is 7.38. The second-order valence-corrected chi connectivity index (χ2v) is 7.43. The van der Waals surface area contributed by atoms with E-state index in [-0.39, 0.29) is 4.90 Å². The Morgan fingerprint density at radius 2 is 1.92 bits per heavy atom. The molecule has 0 aliphatic carbocycles. The quantitative estimate of drug-likeness (QED) is 0.747. The van der Waals surface area contributed by atoms with Crippen LogP contribution >= 0.6 is 0 Å². The van der Waals surface area contributed by atoms with Crippen molar-refractivity contribution < 1.29 is 17.9 Å². The fourth-order valence-electron chi connectivity index (χ4n) is 2.82. The van der Waals surface area contributed by atoms with E-state index in [2.05, 4.69) is 4.98 Å². The van der Waals surface area contributed by atoms with E-state index >= 15 is 0 Å². The van der Waals surface area contributed by atoms with Gasteiger partial charge in [0, 0.05) is 38.5 Å². The van der Waals surface area contributed by atoms with E-state index in [1.807, 2.05) is 29.2 Å². The molecule has 0 radical (unpaired) electrons. The molecule has 2 heterocycles. The lowest BCUT2D eigenvalue weighted by Crippen LogP contribution is -2.45. The Bertz CT molecular complexity index is 818. The maximum atomic E-state index is 11.7. The van der Waals surface area contributed by atoms with E-state index in [0.29, 0.717) is 24.8 Å². The van der Waals surface area contributed by atoms with Gasteiger partial charge in [-0.2, -0.15) is 0 Å². The lowest BCUT2D eigenvalue weighted by molar-refractivity contribution is 0.146. The van der Waals surface area contributed by atoms with Crippen molar-refractivity contribution in [2.24, 2.45) is 5.14 Å². The van der Waals surface area contributed by atoms with Gasteiger partial charge in [-0.1, -0.05) is 12.1 Å². The van der Waals surface area contributed by atoms with Crippen LogP contribution in [-0.2, 0) is 14.8 Å². The first-order chi connectivity index (χ1) is 12.0. The number of hydrogen-bond donors (Lipinski definition) is 1. The molecule has 7 nitrogen and oxygen atoms in total. The molecule has 0 amide bonds. The van der Waals surface area contributed by atoms with E-state index < -0.39 is 10.0 Å². The summed E-state index contributed by atoms with van der Waals surface area (Å²) in [7, 11) is -2.15. The smallest absolute Gasteiger partial charge is 0.241 e. The third-order valence-corrected chi connectivity index (χ3v) is 5.13. The van der Waals surface area contributed by atoms with Gasteiger partial charge in [0.2, 0.25) is 10.0 Å². The van der Waals surface area contributed by atoms with E-state index in [1.54, 1.807) is 19.4 Å². The Hall–Kier alpha value is -2.16. The SMILES string of the molecule is COCCOc1ccc(C2CN(c3ccncc3S(N)(=O)=O)C2)cc1.